The first-order valence-electron chi connectivity index (χ1n) is 8.71. The largest absolute Gasteiger partial charge is 0.458 e. The van der Waals surface area contributed by atoms with E-state index in [1.807, 2.05) is 0 Å². The average molecular weight is 414 g/mol. The van der Waals surface area contributed by atoms with E-state index in [9.17, 15) is 23.1 Å². The molecule has 1 aromatic carbocycles. The van der Waals surface area contributed by atoms with Gasteiger partial charge in [-0.25, -0.2) is 17.5 Å². The third kappa shape index (κ3) is 4.88. The molecule has 0 aliphatic carbocycles. The molecule has 0 saturated carbocycles. The first-order chi connectivity index (χ1) is 12.8. The van der Waals surface area contributed by atoms with E-state index in [0.717, 1.165) is 4.31 Å². The van der Waals surface area contributed by atoms with Crippen molar-refractivity contribution in [2.45, 2.75) is 43.5 Å². The third-order valence-electron chi connectivity index (χ3n) is 3.98. The number of hydrogen-bond acceptors (Lipinski definition) is 7. The summed E-state index contributed by atoms with van der Waals surface area (Å²) in [6.45, 7) is 5.26. The van der Waals surface area contributed by atoms with Gasteiger partial charge in [-0.2, -0.15) is 0 Å². The Bertz CT molecular complexity index is 828. The molecule has 0 aromatic heterocycles. The van der Waals surface area contributed by atoms with Crippen LogP contribution in [0.5, 0.6) is 0 Å². The minimum absolute atomic E-state index is 0.0901. The van der Waals surface area contributed by atoms with Crippen LogP contribution in [0.3, 0.4) is 0 Å². The van der Waals surface area contributed by atoms with Crippen molar-refractivity contribution in [3.63, 3.8) is 0 Å². The van der Waals surface area contributed by atoms with Crippen LogP contribution in [0, 0.1) is 0 Å². The van der Waals surface area contributed by atoms with Crippen LogP contribution in [0.15, 0.2) is 29.2 Å². The topological polar surface area (TPSA) is 113 Å². The van der Waals surface area contributed by atoms with E-state index in [1.54, 1.807) is 20.8 Å². The zero-order chi connectivity index (χ0) is 21.3. The summed E-state index contributed by atoms with van der Waals surface area (Å²) in [7, 11) is -0.731. The van der Waals surface area contributed by atoms with Crippen molar-refractivity contribution >= 4 is 27.6 Å². The SMILES string of the molecule is CN(C)S(=O)(=O)c1ccc(N2CCO[C@H]([C@@H](O)C(=O)OC(C)(C)C)C2=O)cc1. The molecule has 1 aliphatic rings. The molecule has 10 heteroatoms. The minimum Gasteiger partial charge on any atom is -0.458 e. The Labute approximate surface area is 164 Å². The van der Waals surface area contributed by atoms with E-state index in [0.29, 0.717) is 5.69 Å². The fourth-order valence-electron chi connectivity index (χ4n) is 2.58. The quantitative estimate of drug-likeness (QED) is 0.693. The predicted octanol–water partition coefficient (Wildman–Crippen LogP) is 0.371. The molecule has 1 amide bonds. The molecule has 2 rings (SSSR count). The maximum Gasteiger partial charge on any atom is 0.338 e. The van der Waals surface area contributed by atoms with Crippen LogP contribution in [0.2, 0.25) is 0 Å². The second kappa shape index (κ2) is 8.16. The number of carbonyl (C=O) groups excluding carboxylic acids is 2. The van der Waals surface area contributed by atoms with Crippen LogP contribution in [-0.4, -0.2) is 74.8 Å². The Kier molecular flexibility index (Phi) is 6.49. The van der Waals surface area contributed by atoms with Crippen LogP contribution >= 0.6 is 0 Å². The number of hydrogen-bond donors (Lipinski definition) is 1. The first-order valence-corrected chi connectivity index (χ1v) is 10.1. The van der Waals surface area contributed by atoms with Gasteiger partial charge in [0, 0.05) is 26.3 Å². The fraction of sp³-hybridized carbons (Fsp3) is 0.556. The molecule has 1 heterocycles. The fourth-order valence-corrected chi connectivity index (χ4v) is 3.48. The van der Waals surface area contributed by atoms with Gasteiger partial charge in [-0.1, -0.05) is 0 Å². The van der Waals surface area contributed by atoms with Gasteiger partial charge in [0.1, 0.15) is 5.60 Å². The number of anilines is 1. The molecular formula is C18H26N2O7S. The van der Waals surface area contributed by atoms with Crippen LogP contribution < -0.4 is 4.90 Å². The van der Waals surface area contributed by atoms with Crippen LogP contribution in [0.25, 0.3) is 0 Å². The van der Waals surface area contributed by atoms with Crippen LogP contribution in [0.4, 0.5) is 5.69 Å². The lowest BCUT2D eigenvalue weighted by Crippen LogP contribution is -2.55. The molecule has 0 radical (unpaired) electrons. The van der Waals surface area contributed by atoms with Gasteiger partial charge < -0.3 is 19.5 Å². The second-order valence-corrected chi connectivity index (χ2v) is 9.69. The summed E-state index contributed by atoms with van der Waals surface area (Å²) < 4.78 is 35.8. The molecule has 1 aliphatic heterocycles. The summed E-state index contributed by atoms with van der Waals surface area (Å²) >= 11 is 0. The van der Waals surface area contributed by atoms with Crippen molar-refractivity contribution in [1.29, 1.82) is 0 Å². The van der Waals surface area contributed by atoms with Gasteiger partial charge in [0.05, 0.1) is 11.5 Å². The summed E-state index contributed by atoms with van der Waals surface area (Å²) in [4.78, 5) is 26.2. The lowest BCUT2D eigenvalue weighted by molar-refractivity contribution is -0.177. The molecule has 2 atom stereocenters. The van der Waals surface area contributed by atoms with Crippen molar-refractivity contribution < 1.29 is 32.6 Å². The van der Waals surface area contributed by atoms with Crippen molar-refractivity contribution in [1.82, 2.24) is 4.31 Å². The summed E-state index contributed by atoms with van der Waals surface area (Å²) in [5.41, 5.74) is -0.379. The molecule has 156 valence electrons. The summed E-state index contributed by atoms with van der Waals surface area (Å²) in [5.74, 6) is -1.55. The van der Waals surface area contributed by atoms with Gasteiger partial charge in [0.15, 0.2) is 12.2 Å². The number of aliphatic hydroxyl groups excluding tert-OH is 1. The van der Waals surface area contributed by atoms with Gasteiger partial charge in [0.2, 0.25) is 10.0 Å². The molecule has 9 nitrogen and oxygen atoms in total. The Morgan fingerprint density at radius 1 is 1.29 bits per heavy atom. The molecule has 0 unspecified atom stereocenters. The van der Waals surface area contributed by atoms with Crippen molar-refractivity contribution in [2.75, 3.05) is 32.1 Å². The number of carbonyl (C=O) groups is 2. The van der Waals surface area contributed by atoms with Gasteiger partial charge in [-0.15, -0.1) is 0 Å². The van der Waals surface area contributed by atoms with Gasteiger partial charge in [-0.3, -0.25) is 4.79 Å². The zero-order valence-corrected chi connectivity index (χ0v) is 17.4. The molecule has 1 saturated heterocycles. The highest BCUT2D eigenvalue weighted by molar-refractivity contribution is 7.89. The Morgan fingerprint density at radius 2 is 1.86 bits per heavy atom. The number of amides is 1. The standard InChI is InChI=1S/C18H26N2O7S/c1-18(2,3)27-17(23)14(21)15-16(22)20(10-11-26-15)12-6-8-13(9-7-12)28(24,25)19(4)5/h6-9,14-15,21H,10-11H2,1-5H3/t14-,15-/m1/s1. The summed E-state index contributed by atoms with van der Waals surface area (Å²) in [5, 5.41) is 10.2. The highest BCUT2D eigenvalue weighted by Gasteiger charge is 2.41. The molecule has 1 aromatic rings. The molecule has 28 heavy (non-hydrogen) atoms. The zero-order valence-electron chi connectivity index (χ0n) is 16.6. The number of benzene rings is 1. The van der Waals surface area contributed by atoms with Crippen molar-refractivity contribution in [3.05, 3.63) is 24.3 Å². The molecule has 1 N–H and O–H groups in total. The molecular weight excluding hydrogens is 388 g/mol. The van der Waals surface area contributed by atoms with E-state index < -0.39 is 39.7 Å². The first kappa shape index (κ1) is 22.3. The minimum atomic E-state index is -3.59. The normalized spacial score (nSPS) is 19.6. The molecule has 0 spiro atoms. The van der Waals surface area contributed by atoms with Crippen LogP contribution in [0.1, 0.15) is 20.8 Å². The summed E-state index contributed by atoms with van der Waals surface area (Å²) in [6, 6.07) is 5.78. The van der Waals surface area contributed by atoms with Gasteiger partial charge in [0.25, 0.3) is 5.91 Å². The number of ether oxygens (including phenoxy) is 2. The molecule has 1 fully saturated rings. The van der Waals surface area contributed by atoms with E-state index in [2.05, 4.69) is 0 Å². The number of aliphatic hydroxyl groups is 1. The van der Waals surface area contributed by atoms with E-state index in [1.165, 1.54) is 43.3 Å². The number of sulfonamides is 1. The van der Waals surface area contributed by atoms with E-state index in [4.69, 9.17) is 9.47 Å². The highest BCUT2D eigenvalue weighted by Crippen LogP contribution is 2.24. The third-order valence-corrected chi connectivity index (χ3v) is 5.81. The lowest BCUT2D eigenvalue weighted by atomic mass is 10.1. The Morgan fingerprint density at radius 3 is 2.36 bits per heavy atom. The lowest BCUT2D eigenvalue weighted by Gasteiger charge is -2.34. The number of morpholine rings is 1. The predicted molar refractivity (Wildman–Crippen MR) is 101 cm³/mol. The smallest absolute Gasteiger partial charge is 0.338 e. The second-order valence-electron chi connectivity index (χ2n) is 7.54. The van der Waals surface area contributed by atoms with Gasteiger partial charge >= 0.3 is 5.97 Å². The van der Waals surface area contributed by atoms with Crippen molar-refractivity contribution in [2.24, 2.45) is 0 Å². The molecule has 0 bridgehead atoms. The van der Waals surface area contributed by atoms with Crippen LogP contribution in [-0.2, 0) is 29.1 Å². The van der Waals surface area contributed by atoms with E-state index in [-0.39, 0.29) is 18.0 Å². The monoisotopic (exact) mass is 414 g/mol. The number of nitrogens with zero attached hydrogens (tertiary/aromatic N) is 2. The Hall–Kier alpha value is -2.01. The number of rotatable bonds is 5. The van der Waals surface area contributed by atoms with E-state index >= 15 is 0 Å². The Balaban J connectivity index is 2.19. The average Bonchev–Trinajstić information content (AvgIpc) is 2.60. The van der Waals surface area contributed by atoms with Gasteiger partial charge in [-0.05, 0) is 45.0 Å². The maximum atomic E-state index is 12.7. The summed E-state index contributed by atoms with van der Waals surface area (Å²) in [6.07, 6.45) is -3.16. The van der Waals surface area contributed by atoms with Crippen molar-refractivity contribution in [3.8, 4) is 0 Å². The highest BCUT2D eigenvalue weighted by atomic mass is 32.2. The number of esters is 1. The maximum absolute atomic E-state index is 12.7.